The standard InChI is InChI=1S/C18H23N3OS2/c22-17(16-13-14-5-3-1-2-4-6-15(14)24-16)20-8-10-21(11-9-20)18-19-7-12-23-18/h7,12-13H,1-6,8-11H2. The van der Waals surface area contributed by atoms with Crippen molar-refractivity contribution in [2.45, 2.75) is 38.5 Å². The van der Waals surface area contributed by atoms with Gasteiger partial charge in [-0.3, -0.25) is 4.79 Å². The number of nitrogens with zero attached hydrogens (tertiary/aromatic N) is 3. The van der Waals surface area contributed by atoms with Gasteiger partial charge in [0.15, 0.2) is 5.13 Å². The van der Waals surface area contributed by atoms with Gasteiger partial charge in [0.2, 0.25) is 0 Å². The molecule has 1 amide bonds. The molecule has 24 heavy (non-hydrogen) atoms. The first-order valence-electron chi connectivity index (χ1n) is 8.86. The zero-order valence-corrected chi connectivity index (χ0v) is 15.5. The number of amides is 1. The Balaban J connectivity index is 1.42. The van der Waals surface area contributed by atoms with Crippen LogP contribution in [0.25, 0.3) is 0 Å². The van der Waals surface area contributed by atoms with E-state index in [1.165, 1.54) is 36.1 Å². The van der Waals surface area contributed by atoms with Crippen LogP contribution in [0.3, 0.4) is 0 Å². The monoisotopic (exact) mass is 361 g/mol. The molecule has 4 rings (SSSR count). The fraction of sp³-hybridized carbons (Fsp3) is 0.556. The Morgan fingerprint density at radius 3 is 2.58 bits per heavy atom. The summed E-state index contributed by atoms with van der Waals surface area (Å²) in [7, 11) is 0. The van der Waals surface area contributed by atoms with Gasteiger partial charge in [0.1, 0.15) is 0 Å². The molecule has 0 bridgehead atoms. The number of hydrogen-bond donors (Lipinski definition) is 0. The fourth-order valence-corrected chi connectivity index (χ4v) is 5.50. The molecule has 2 aromatic rings. The Morgan fingerprint density at radius 1 is 1.04 bits per heavy atom. The second-order valence-electron chi connectivity index (χ2n) is 6.57. The molecule has 0 saturated carbocycles. The lowest BCUT2D eigenvalue weighted by molar-refractivity contribution is 0.0751. The summed E-state index contributed by atoms with van der Waals surface area (Å²) in [4.78, 5) is 24.0. The molecular weight excluding hydrogens is 338 g/mol. The van der Waals surface area contributed by atoms with Crippen LogP contribution in [-0.4, -0.2) is 42.0 Å². The highest BCUT2D eigenvalue weighted by atomic mass is 32.1. The Hall–Kier alpha value is -1.40. The molecule has 4 nitrogen and oxygen atoms in total. The first-order chi connectivity index (χ1) is 11.8. The molecule has 2 aromatic heterocycles. The lowest BCUT2D eigenvalue weighted by atomic mass is 10.00. The first-order valence-corrected chi connectivity index (χ1v) is 10.6. The molecular formula is C18H23N3OS2. The molecule has 0 aromatic carbocycles. The van der Waals surface area contributed by atoms with Crippen molar-refractivity contribution >= 4 is 33.7 Å². The maximum absolute atomic E-state index is 12.9. The SMILES string of the molecule is O=C(c1cc2c(s1)CCCCCC2)N1CCN(c2nccs2)CC1. The molecule has 128 valence electrons. The van der Waals surface area contributed by atoms with Crippen LogP contribution >= 0.6 is 22.7 Å². The molecule has 2 aliphatic rings. The van der Waals surface area contributed by atoms with E-state index < -0.39 is 0 Å². The van der Waals surface area contributed by atoms with Gasteiger partial charge in [-0.1, -0.05) is 12.8 Å². The molecule has 1 fully saturated rings. The molecule has 1 aliphatic carbocycles. The second-order valence-corrected chi connectivity index (χ2v) is 8.58. The first kappa shape index (κ1) is 16.1. The zero-order chi connectivity index (χ0) is 16.4. The number of carbonyl (C=O) groups excluding carboxylic acids is 1. The predicted molar refractivity (Wildman–Crippen MR) is 100 cm³/mol. The van der Waals surface area contributed by atoms with Crippen LogP contribution in [0.15, 0.2) is 17.6 Å². The number of carbonyl (C=O) groups is 1. The number of anilines is 1. The van der Waals surface area contributed by atoms with E-state index in [2.05, 4.69) is 16.0 Å². The largest absolute Gasteiger partial charge is 0.345 e. The maximum Gasteiger partial charge on any atom is 0.264 e. The number of fused-ring (bicyclic) bond motifs is 1. The summed E-state index contributed by atoms with van der Waals surface area (Å²) >= 11 is 3.41. The van der Waals surface area contributed by atoms with Gasteiger partial charge in [-0.25, -0.2) is 4.98 Å². The van der Waals surface area contributed by atoms with Crippen LogP contribution in [0.2, 0.25) is 0 Å². The minimum absolute atomic E-state index is 0.227. The van der Waals surface area contributed by atoms with Crippen molar-refractivity contribution in [2.24, 2.45) is 0 Å². The molecule has 0 radical (unpaired) electrons. The van der Waals surface area contributed by atoms with Gasteiger partial charge >= 0.3 is 0 Å². The zero-order valence-electron chi connectivity index (χ0n) is 13.9. The van der Waals surface area contributed by atoms with E-state index >= 15 is 0 Å². The topological polar surface area (TPSA) is 36.4 Å². The number of hydrogen-bond acceptors (Lipinski definition) is 5. The molecule has 1 aliphatic heterocycles. The Kier molecular flexibility index (Phi) is 4.85. The third kappa shape index (κ3) is 3.35. The van der Waals surface area contributed by atoms with E-state index in [-0.39, 0.29) is 5.91 Å². The van der Waals surface area contributed by atoms with Crippen molar-refractivity contribution in [3.8, 4) is 0 Å². The number of thiophene rings is 1. The maximum atomic E-state index is 12.9. The highest BCUT2D eigenvalue weighted by Gasteiger charge is 2.25. The number of piperazine rings is 1. The van der Waals surface area contributed by atoms with E-state index in [9.17, 15) is 4.79 Å². The van der Waals surface area contributed by atoms with Crippen LogP contribution < -0.4 is 4.90 Å². The molecule has 1 saturated heterocycles. The van der Waals surface area contributed by atoms with Gasteiger partial charge < -0.3 is 9.80 Å². The molecule has 0 spiro atoms. The number of aryl methyl sites for hydroxylation is 2. The van der Waals surface area contributed by atoms with E-state index in [0.717, 1.165) is 49.0 Å². The predicted octanol–water partition coefficient (Wildman–Crippen LogP) is 3.83. The van der Waals surface area contributed by atoms with Gasteiger partial charge in [0.25, 0.3) is 5.91 Å². The molecule has 0 atom stereocenters. The van der Waals surface area contributed by atoms with E-state index in [4.69, 9.17) is 0 Å². The Labute approximate surface area is 151 Å². The third-order valence-electron chi connectivity index (χ3n) is 4.96. The quantitative estimate of drug-likeness (QED) is 0.816. The average Bonchev–Trinajstić information content (AvgIpc) is 3.25. The van der Waals surface area contributed by atoms with Gasteiger partial charge in [0.05, 0.1) is 4.88 Å². The molecule has 0 N–H and O–H groups in total. The highest BCUT2D eigenvalue weighted by molar-refractivity contribution is 7.14. The fourth-order valence-electron chi connectivity index (χ4n) is 3.58. The van der Waals surface area contributed by atoms with Crippen LogP contribution in [0.5, 0.6) is 0 Å². The smallest absolute Gasteiger partial charge is 0.264 e. The highest BCUT2D eigenvalue weighted by Crippen LogP contribution is 2.29. The molecule has 6 heteroatoms. The normalized spacial score (nSPS) is 18.8. The van der Waals surface area contributed by atoms with Crippen molar-refractivity contribution in [3.05, 3.63) is 33.0 Å². The van der Waals surface area contributed by atoms with Crippen LogP contribution in [0, 0.1) is 0 Å². The van der Waals surface area contributed by atoms with Crippen molar-refractivity contribution in [1.29, 1.82) is 0 Å². The van der Waals surface area contributed by atoms with Crippen molar-refractivity contribution in [2.75, 3.05) is 31.1 Å². The van der Waals surface area contributed by atoms with Crippen molar-refractivity contribution < 1.29 is 4.79 Å². The summed E-state index contributed by atoms with van der Waals surface area (Å²) in [5, 5.41) is 3.08. The summed E-state index contributed by atoms with van der Waals surface area (Å²) in [6.45, 7) is 3.34. The van der Waals surface area contributed by atoms with E-state index in [1.807, 2.05) is 16.5 Å². The molecule has 3 heterocycles. The van der Waals surface area contributed by atoms with Crippen LogP contribution in [0.4, 0.5) is 5.13 Å². The Morgan fingerprint density at radius 2 is 1.83 bits per heavy atom. The van der Waals surface area contributed by atoms with Gasteiger partial charge in [-0.2, -0.15) is 0 Å². The third-order valence-corrected chi connectivity index (χ3v) is 7.02. The van der Waals surface area contributed by atoms with Gasteiger partial charge in [-0.05, 0) is 37.3 Å². The van der Waals surface area contributed by atoms with Gasteiger partial charge in [0, 0.05) is 42.6 Å². The number of thiazole rings is 1. The number of aromatic nitrogens is 1. The minimum atomic E-state index is 0.227. The van der Waals surface area contributed by atoms with Gasteiger partial charge in [-0.15, -0.1) is 22.7 Å². The van der Waals surface area contributed by atoms with E-state index in [1.54, 1.807) is 22.7 Å². The van der Waals surface area contributed by atoms with Crippen LogP contribution in [-0.2, 0) is 12.8 Å². The minimum Gasteiger partial charge on any atom is -0.345 e. The van der Waals surface area contributed by atoms with Crippen molar-refractivity contribution in [1.82, 2.24) is 9.88 Å². The second kappa shape index (κ2) is 7.23. The molecule has 0 unspecified atom stereocenters. The Bertz CT molecular complexity index is 662. The summed E-state index contributed by atoms with van der Waals surface area (Å²) in [5.41, 5.74) is 1.43. The van der Waals surface area contributed by atoms with Crippen LogP contribution in [0.1, 0.15) is 45.8 Å². The van der Waals surface area contributed by atoms with E-state index in [0.29, 0.717) is 0 Å². The summed E-state index contributed by atoms with van der Waals surface area (Å²) in [6.07, 6.45) is 9.36. The lowest BCUT2D eigenvalue weighted by Gasteiger charge is -2.34. The summed E-state index contributed by atoms with van der Waals surface area (Å²) < 4.78 is 0. The van der Waals surface area contributed by atoms with Crippen molar-refractivity contribution in [3.63, 3.8) is 0 Å². The average molecular weight is 362 g/mol. The summed E-state index contributed by atoms with van der Waals surface area (Å²) in [5.74, 6) is 0.227. The summed E-state index contributed by atoms with van der Waals surface area (Å²) in [6, 6.07) is 2.18. The lowest BCUT2D eigenvalue weighted by Crippen LogP contribution is -2.48. The number of rotatable bonds is 2.